The van der Waals surface area contributed by atoms with Crippen molar-refractivity contribution < 1.29 is 27.4 Å². The SMILES string of the molecule is CCOc1ccccc1NC(=O)CSc1nnc(COc2cccc(C(F)(F)F)c2)n1CC. The maximum Gasteiger partial charge on any atom is 0.416 e. The third kappa shape index (κ3) is 6.64. The summed E-state index contributed by atoms with van der Waals surface area (Å²) in [7, 11) is 0. The molecule has 0 saturated carbocycles. The van der Waals surface area contributed by atoms with Gasteiger partial charge in [0.15, 0.2) is 11.0 Å². The lowest BCUT2D eigenvalue weighted by atomic mass is 10.2. The fourth-order valence-corrected chi connectivity index (χ4v) is 3.75. The Morgan fingerprint density at radius 2 is 1.88 bits per heavy atom. The molecule has 0 spiro atoms. The van der Waals surface area contributed by atoms with Gasteiger partial charge in [-0.25, -0.2) is 0 Å². The molecule has 1 amide bonds. The van der Waals surface area contributed by atoms with Crippen LogP contribution < -0.4 is 14.8 Å². The largest absolute Gasteiger partial charge is 0.492 e. The third-order valence-corrected chi connectivity index (χ3v) is 5.40. The van der Waals surface area contributed by atoms with Gasteiger partial charge in [-0.2, -0.15) is 13.2 Å². The number of benzene rings is 2. The van der Waals surface area contributed by atoms with Gasteiger partial charge in [0.05, 0.1) is 23.6 Å². The molecule has 0 bridgehead atoms. The molecule has 3 rings (SSSR count). The zero-order valence-corrected chi connectivity index (χ0v) is 18.9. The van der Waals surface area contributed by atoms with Gasteiger partial charge < -0.3 is 19.4 Å². The number of hydrogen-bond acceptors (Lipinski definition) is 6. The van der Waals surface area contributed by atoms with Gasteiger partial charge in [-0.1, -0.05) is 30.0 Å². The smallest absolute Gasteiger partial charge is 0.416 e. The molecule has 0 aliphatic carbocycles. The maximum absolute atomic E-state index is 12.9. The van der Waals surface area contributed by atoms with E-state index in [4.69, 9.17) is 9.47 Å². The number of carbonyl (C=O) groups is 1. The van der Waals surface area contributed by atoms with Gasteiger partial charge in [0.2, 0.25) is 5.91 Å². The first-order valence-corrected chi connectivity index (χ1v) is 11.2. The molecular formula is C22H23F3N4O3S. The highest BCUT2D eigenvalue weighted by Crippen LogP contribution is 2.31. The molecule has 0 aliphatic heterocycles. The summed E-state index contributed by atoms with van der Waals surface area (Å²) in [4.78, 5) is 12.4. The predicted octanol–water partition coefficient (Wildman–Crippen LogP) is 5.03. The number of hydrogen-bond donors (Lipinski definition) is 1. The Morgan fingerprint density at radius 3 is 2.61 bits per heavy atom. The van der Waals surface area contributed by atoms with Crippen molar-refractivity contribution in [3.63, 3.8) is 0 Å². The first-order chi connectivity index (χ1) is 15.8. The lowest BCUT2D eigenvalue weighted by Gasteiger charge is -2.12. The van der Waals surface area contributed by atoms with Crippen molar-refractivity contribution in [3.8, 4) is 11.5 Å². The average Bonchev–Trinajstić information content (AvgIpc) is 3.19. The number of ether oxygens (including phenoxy) is 2. The molecule has 3 aromatic rings. The van der Waals surface area contributed by atoms with Gasteiger partial charge in [-0.15, -0.1) is 10.2 Å². The summed E-state index contributed by atoms with van der Waals surface area (Å²) >= 11 is 1.20. The normalized spacial score (nSPS) is 11.3. The minimum Gasteiger partial charge on any atom is -0.492 e. The monoisotopic (exact) mass is 480 g/mol. The fraction of sp³-hybridized carbons (Fsp3) is 0.318. The second kappa shape index (κ2) is 11.1. The minimum atomic E-state index is -4.45. The highest BCUT2D eigenvalue weighted by atomic mass is 32.2. The van der Waals surface area contributed by atoms with Gasteiger partial charge in [0.1, 0.15) is 18.1 Å². The molecule has 1 N–H and O–H groups in total. The van der Waals surface area contributed by atoms with Gasteiger partial charge in [0, 0.05) is 6.54 Å². The van der Waals surface area contributed by atoms with E-state index >= 15 is 0 Å². The van der Waals surface area contributed by atoms with Gasteiger partial charge >= 0.3 is 6.18 Å². The Hall–Kier alpha value is -3.21. The molecule has 0 aliphatic rings. The summed E-state index contributed by atoms with van der Waals surface area (Å²) in [5.74, 6) is 0.966. The second-order valence-electron chi connectivity index (χ2n) is 6.72. The molecule has 2 aromatic carbocycles. The van der Waals surface area contributed by atoms with Crippen LogP contribution in [0.25, 0.3) is 0 Å². The van der Waals surface area contributed by atoms with Crippen molar-refractivity contribution >= 4 is 23.4 Å². The highest BCUT2D eigenvalue weighted by molar-refractivity contribution is 7.99. The molecule has 0 radical (unpaired) electrons. The molecule has 176 valence electrons. The van der Waals surface area contributed by atoms with Crippen molar-refractivity contribution in [2.75, 3.05) is 17.7 Å². The van der Waals surface area contributed by atoms with E-state index in [0.29, 0.717) is 35.6 Å². The zero-order valence-electron chi connectivity index (χ0n) is 18.1. The minimum absolute atomic E-state index is 0.0589. The summed E-state index contributed by atoms with van der Waals surface area (Å²) in [6, 6.07) is 11.8. The molecule has 0 fully saturated rings. The Labute approximate surface area is 193 Å². The van der Waals surface area contributed by atoms with Crippen molar-refractivity contribution in [2.45, 2.75) is 38.3 Å². The van der Waals surface area contributed by atoms with E-state index < -0.39 is 11.7 Å². The quantitative estimate of drug-likeness (QED) is 0.411. The van der Waals surface area contributed by atoms with Crippen LogP contribution in [0, 0.1) is 0 Å². The Kier molecular flexibility index (Phi) is 8.21. The molecule has 11 heteroatoms. The Balaban J connectivity index is 1.60. The van der Waals surface area contributed by atoms with E-state index in [9.17, 15) is 18.0 Å². The number of carbonyl (C=O) groups excluding carboxylic acids is 1. The number of aromatic nitrogens is 3. The van der Waals surface area contributed by atoms with Crippen LogP contribution in [-0.2, 0) is 24.1 Å². The molecule has 1 heterocycles. The van der Waals surface area contributed by atoms with Crippen LogP contribution in [0.4, 0.5) is 18.9 Å². The Bertz CT molecular complexity index is 1090. The number of para-hydroxylation sites is 2. The van der Waals surface area contributed by atoms with E-state index in [1.165, 1.54) is 23.9 Å². The Morgan fingerprint density at radius 1 is 1.09 bits per heavy atom. The number of halogens is 3. The number of nitrogens with zero attached hydrogens (tertiary/aromatic N) is 3. The van der Waals surface area contributed by atoms with Crippen LogP contribution in [0.1, 0.15) is 25.2 Å². The van der Waals surface area contributed by atoms with Crippen molar-refractivity contribution in [1.82, 2.24) is 14.8 Å². The number of thioether (sulfide) groups is 1. The van der Waals surface area contributed by atoms with Crippen LogP contribution >= 0.6 is 11.8 Å². The zero-order chi connectivity index (χ0) is 23.8. The van der Waals surface area contributed by atoms with Crippen LogP contribution in [0.3, 0.4) is 0 Å². The third-order valence-electron chi connectivity index (χ3n) is 4.43. The predicted molar refractivity (Wildman–Crippen MR) is 118 cm³/mol. The molecule has 1 aromatic heterocycles. The van der Waals surface area contributed by atoms with Crippen molar-refractivity contribution in [2.24, 2.45) is 0 Å². The van der Waals surface area contributed by atoms with Crippen LogP contribution in [0.5, 0.6) is 11.5 Å². The van der Waals surface area contributed by atoms with E-state index in [2.05, 4.69) is 15.5 Å². The lowest BCUT2D eigenvalue weighted by molar-refractivity contribution is -0.137. The van der Waals surface area contributed by atoms with Crippen LogP contribution in [-0.4, -0.2) is 33.0 Å². The standard InChI is InChI=1S/C22H23F3N4O3S/c1-3-29-19(13-32-16-9-7-8-15(12-16)22(23,24)25)27-28-21(29)33-14-20(30)26-17-10-5-6-11-18(17)31-4-2/h5-12H,3-4,13-14H2,1-2H3,(H,26,30). The molecule has 7 nitrogen and oxygen atoms in total. The van der Waals surface area contributed by atoms with E-state index in [-0.39, 0.29) is 24.0 Å². The van der Waals surface area contributed by atoms with Crippen molar-refractivity contribution in [1.29, 1.82) is 0 Å². The number of rotatable bonds is 10. The van der Waals surface area contributed by atoms with Crippen LogP contribution in [0.15, 0.2) is 53.7 Å². The number of nitrogens with one attached hydrogen (secondary N) is 1. The summed E-state index contributed by atoms with van der Waals surface area (Å²) in [6.45, 7) is 4.66. The van der Waals surface area contributed by atoms with Gasteiger partial charge in [-0.05, 0) is 44.2 Å². The average molecular weight is 481 g/mol. The van der Waals surface area contributed by atoms with Crippen molar-refractivity contribution in [3.05, 3.63) is 59.9 Å². The highest BCUT2D eigenvalue weighted by Gasteiger charge is 2.30. The summed E-state index contributed by atoms with van der Waals surface area (Å²) in [5, 5.41) is 11.5. The topological polar surface area (TPSA) is 78.3 Å². The summed E-state index contributed by atoms with van der Waals surface area (Å²) in [6.07, 6.45) is -4.45. The summed E-state index contributed by atoms with van der Waals surface area (Å²) in [5.41, 5.74) is -0.206. The number of alkyl halides is 3. The van der Waals surface area contributed by atoms with Gasteiger partial charge in [0.25, 0.3) is 0 Å². The maximum atomic E-state index is 12.9. The first-order valence-electron chi connectivity index (χ1n) is 10.2. The van der Waals surface area contributed by atoms with Gasteiger partial charge in [-0.3, -0.25) is 4.79 Å². The van der Waals surface area contributed by atoms with E-state index in [1.54, 1.807) is 22.8 Å². The number of amides is 1. The fourth-order valence-electron chi connectivity index (χ4n) is 2.93. The molecule has 0 saturated heterocycles. The number of anilines is 1. The molecule has 0 unspecified atom stereocenters. The van der Waals surface area contributed by atoms with Crippen LogP contribution in [0.2, 0.25) is 0 Å². The lowest BCUT2D eigenvalue weighted by Crippen LogP contribution is -2.15. The van der Waals surface area contributed by atoms with E-state index in [1.807, 2.05) is 19.9 Å². The second-order valence-corrected chi connectivity index (χ2v) is 7.67. The molecule has 33 heavy (non-hydrogen) atoms. The first kappa shape index (κ1) is 24.4. The van der Waals surface area contributed by atoms with E-state index in [0.717, 1.165) is 12.1 Å². The molecular weight excluding hydrogens is 457 g/mol. The summed E-state index contributed by atoms with van der Waals surface area (Å²) < 4.78 is 51.4. The molecule has 0 atom stereocenters.